The van der Waals surface area contributed by atoms with Crippen molar-refractivity contribution in [2.75, 3.05) is 13.2 Å². The first-order valence-electron chi connectivity index (χ1n) is 8.70. The molecule has 4 aliphatic carbocycles. The Morgan fingerprint density at radius 3 is 2.33 bits per heavy atom. The minimum Gasteiger partial charge on any atom is -0.450 e. The van der Waals surface area contributed by atoms with Crippen molar-refractivity contribution in [3.05, 3.63) is 22.6 Å². The molecule has 1 aromatic rings. The van der Waals surface area contributed by atoms with Gasteiger partial charge < -0.3 is 14.5 Å². The molecule has 1 aromatic heterocycles. The van der Waals surface area contributed by atoms with Gasteiger partial charge in [-0.15, -0.1) is 0 Å². The van der Waals surface area contributed by atoms with Crippen LogP contribution < -0.4 is 5.32 Å². The Labute approximate surface area is 149 Å². The number of carbonyl (C=O) groups is 2. The quantitative estimate of drug-likeness (QED) is 0.774. The van der Waals surface area contributed by atoms with Crippen molar-refractivity contribution in [3.8, 4) is 0 Å². The van der Waals surface area contributed by atoms with E-state index < -0.39 is 5.97 Å². The van der Waals surface area contributed by atoms with Crippen molar-refractivity contribution in [1.82, 2.24) is 5.32 Å². The van der Waals surface area contributed by atoms with Gasteiger partial charge in [0.15, 0.2) is 11.3 Å². The molecule has 0 radical (unpaired) electrons. The molecule has 6 heteroatoms. The fourth-order valence-corrected chi connectivity index (χ4v) is 5.78. The van der Waals surface area contributed by atoms with E-state index in [9.17, 15) is 9.59 Å². The molecule has 1 amide bonds. The lowest BCUT2D eigenvalue weighted by Gasteiger charge is -2.56. The van der Waals surface area contributed by atoms with Crippen LogP contribution >= 0.6 is 15.9 Å². The third-order valence-corrected chi connectivity index (χ3v) is 6.36. The smallest absolute Gasteiger partial charge is 0.374 e. The lowest BCUT2D eigenvalue weighted by Crippen LogP contribution is -2.51. The van der Waals surface area contributed by atoms with Crippen LogP contribution in [0, 0.1) is 23.2 Å². The maximum Gasteiger partial charge on any atom is 0.374 e. The van der Waals surface area contributed by atoms with Crippen molar-refractivity contribution in [2.24, 2.45) is 23.2 Å². The Bertz CT molecular complexity index is 618. The zero-order chi connectivity index (χ0) is 16.7. The number of furan rings is 1. The van der Waals surface area contributed by atoms with Crippen LogP contribution in [0.4, 0.5) is 0 Å². The summed E-state index contributed by atoms with van der Waals surface area (Å²) in [7, 11) is 0. The van der Waals surface area contributed by atoms with Gasteiger partial charge in [-0.1, -0.05) is 0 Å². The number of hydrogen-bond donors (Lipinski definition) is 1. The summed E-state index contributed by atoms with van der Waals surface area (Å²) in [6.45, 7) is 0.461. The third-order valence-electron chi connectivity index (χ3n) is 5.93. The molecule has 5 nitrogen and oxygen atoms in total. The normalized spacial score (nSPS) is 33.5. The van der Waals surface area contributed by atoms with E-state index in [-0.39, 0.29) is 18.3 Å². The molecule has 130 valence electrons. The van der Waals surface area contributed by atoms with Gasteiger partial charge in [0.05, 0.1) is 0 Å². The van der Waals surface area contributed by atoms with Crippen molar-refractivity contribution in [3.63, 3.8) is 0 Å². The Balaban J connectivity index is 1.26. The van der Waals surface area contributed by atoms with Gasteiger partial charge in [0.2, 0.25) is 5.76 Å². The summed E-state index contributed by atoms with van der Waals surface area (Å²) in [6, 6.07) is 3.13. The van der Waals surface area contributed by atoms with Gasteiger partial charge >= 0.3 is 5.97 Å². The van der Waals surface area contributed by atoms with Crippen LogP contribution in [-0.2, 0) is 9.53 Å². The largest absolute Gasteiger partial charge is 0.450 e. The molecule has 4 fully saturated rings. The number of esters is 1. The summed E-state index contributed by atoms with van der Waals surface area (Å²) in [6.07, 6.45) is 7.93. The van der Waals surface area contributed by atoms with E-state index in [1.54, 1.807) is 6.07 Å². The number of amides is 1. The van der Waals surface area contributed by atoms with E-state index in [0.29, 0.717) is 10.1 Å². The molecule has 1 N–H and O–H groups in total. The van der Waals surface area contributed by atoms with Crippen molar-refractivity contribution >= 4 is 27.8 Å². The molecule has 4 aliphatic rings. The Morgan fingerprint density at radius 1 is 1.17 bits per heavy atom. The minimum absolute atomic E-state index is 0.0933. The first kappa shape index (κ1) is 16.2. The zero-order valence-corrected chi connectivity index (χ0v) is 15.1. The van der Waals surface area contributed by atoms with E-state index >= 15 is 0 Å². The van der Waals surface area contributed by atoms with Crippen LogP contribution in [0.2, 0.25) is 0 Å². The first-order chi connectivity index (χ1) is 11.5. The summed E-state index contributed by atoms with van der Waals surface area (Å²) in [5, 5.41) is 3.00. The summed E-state index contributed by atoms with van der Waals surface area (Å²) in [5.74, 6) is 1.83. The van der Waals surface area contributed by atoms with Crippen LogP contribution in [0.15, 0.2) is 21.2 Å². The van der Waals surface area contributed by atoms with Crippen LogP contribution in [0.3, 0.4) is 0 Å². The van der Waals surface area contributed by atoms with Gasteiger partial charge in [-0.25, -0.2) is 4.79 Å². The molecule has 4 bridgehead atoms. The average molecular weight is 396 g/mol. The van der Waals surface area contributed by atoms with Gasteiger partial charge in [-0.3, -0.25) is 4.79 Å². The number of halogens is 1. The highest BCUT2D eigenvalue weighted by Gasteiger charge is 2.50. The van der Waals surface area contributed by atoms with Crippen LogP contribution in [-0.4, -0.2) is 25.0 Å². The standard InChI is InChI=1S/C18H22BrNO4/c19-15-2-1-14(24-15)17(22)23-9-16(21)20-10-18-6-11-3-12(7-18)5-13(4-11)8-18/h1-2,11-13H,3-10H2,(H,20,21). The molecule has 0 unspecified atom stereocenters. The molecule has 24 heavy (non-hydrogen) atoms. The lowest BCUT2D eigenvalue weighted by atomic mass is 9.49. The van der Waals surface area contributed by atoms with Gasteiger partial charge in [-0.2, -0.15) is 0 Å². The van der Waals surface area contributed by atoms with Gasteiger partial charge in [0, 0.05) is 6.54 Å². The second kappa shape index (κ2) is 6.21. The summed E-state index contributed by atoms with van der Waals surface area (Å²) in [4.78, 5) is 23.8. The number of nitrogens with one attached hydrogen (secondary N) is 1. The SMILES string of the molecule is O=C(COC(=O)c1ccc(Br)o1)NCC12CC3CC(CC(C3)C1)C2. The minimum atomic E-state index is -0.620. The summed E-state index contributed by atoms with van der Waals surface area (Å²) >= 11 is 3.13. The van der Waals surface area contributed by atoms with E-state index in [2.05, 4.69) is 21.2 Å². The molecule has 0 spiro atoms. The molecule has 0 atom stereocenters. The van der Waals surface area contributed by atoms with E-state index in [4.69, 9.17) is 9.15 Å². The second-order valence-corrected chi connectivity index (χ2v) is 8.66. The molecule has 1 heterocycles. The zero-order valence-electron chi connectivity index (χ0n) is 13.6. The van der Waals surface area contributed by atoms with Gasteiger partial charge in [0.1, 0.15) is 0 Å². The topological polar surface area (TPSA) is 68.5 Å². The van der Waals surface area contributed by atoms with Crippen LogP contribution in [0.25, 0.3) is 0 Å². The van der Waals surface area contributed by atoms with Crippen LogP contribution in [0.1, 0.15) is 49.1 Å². The fraction of sp³-hybridized carbons (Fsp3) is 0.667. The molecule has 0 aliphatic heterocycles. The van der Waals surface area contributed by atoms with Crippen molar-refractivity contribution in [2.45, 2.75) is 38.5 Å². The van der Waals surface area contributed by atoms with Gasteiger partial charge in [0.25, 0.3) is 5.91 Å². The predicted octanol–water partition coefficient (Wildman–Crippen LogP) is 3.53. The molecular formula is C18H22BrNO4. The molecule has 0 aromatic carbocycles. The van der Waals surface area contributed by atoms with Crippen LogP contribution in [0.5, 0.6) is 0 Å². The Morgan fingerprint density at radius 2 is 1.79 bits per heavy atom. The maximum absolute atomic E-state index is 12.0. The molecular weight excluding hydrogens is 374 g/mol. The molecule has 5 rings (SSSR count). The monoisotopic (exact) mass is 395 g/mol. The Kier molecular flexibility index (Phi) is 4.19. The molecule has 4 saturated carbocycles. The summed E-state index contributed by atoms with van der Waals surface area (Å²) < 4.78 is 10.6. The number of carbonyl (C=O) groups excluding carboxylic acids is 2. The van der Waals surface area contributed by atoms with E-state index in [1.165, 1.54) is 44.6 Å². The number of rotatable bonds is 5. The predicted molar refractivity (Wildman–Crippen MR) is 90.3 cm³/mol. The third kappa shape index (κ3) is 3.25. The molecule has 0 saturated heterocycles. The fourth-order valence-electron chi connectivity index (χ4n) is 5.47. The second-order valence-electron chi connectivity index (χ2n) is 7.87. The highest BCUT2D eigenvalue weighted by atomic mass is 79.9. The van der Waals surface area contributed by atoms with E-state index in [0.717, 1.165) is 24.3 Å². The average Bonchev–Trinajstić information content (AvgIpc) is 2.96. The number of hydrogen-bond acceptors (Lipinski definition) is 4. The highest BCUT2D eigenvalue weighted by molar-refractivity contribution is 9.10. The van der Waals surface area contributed by atoms with E-state index in [1.807, 2.05) is 0 Å². The maximum atomic E-state index is 12.0. The number of ether oxygens (including phenoxy) is 1. The highest BCUT2D eigenvalue weighted by Crippen LogP contribution is 2.59. The van der Waals surface area contributed by atoms with Crippen molar-refractivity contribution in [1.29, 1.82) is 0 Å². The summed E-state index contributed by atoms with van der Waals surface area (Å²) in [5.41, 5.74) is 0.292. The van der Waals surface area contributed by atoms with Gasteiger partial charge in [-0.05, 0) is 89.8 Å². The van der Waals surface area contributed by atoms with Crippen molar-refractivity contribution < 1.29 is 18.7 Å². The lowest BCUT2D eigenvalue weighted by molar-refractivity contribution is -0.126. The first-order valence-corrected chi connectivity index (χ1v) is 9.50. The Hall–Kier alpha value is -1.30.